The molecule has 4 nitrogen and oxygen atoms in total. The fourth-order valence-electron chi connectivity index (χ4n) is 2.16. The van der Waals surface area contributed by atoms with Crippen molar-refractivity contribution in [1.29, 1.82) is 0 Å². The Kier molecular flexibility index (Phi) is 5.80. The smallest absolute Gasteiger partial charge is 0.350 e. The molecule has 2 rings (SSSR count). The number of esters is 1. The minimum Gasteiger partial charge on any atom is -0.451 e. The van der Waals surface area contributed by atoms with Crippen LogP contribution in [-0.4, -0.2) is 24.5 Å². The Morgan fingerprint density at radius 2 is 2.09 bits per heavy atom. The molecule has 0 fully saturated rings. The summed E-state index contributed by atoms with van der Waals surface area (Å²) >= 11 is 7.47. The van der Waals surface area contributed by atoms with Crippen LogP contribution in [0.15, 0.2) is 24.3 Å². The van der Waals surface area contributed by atoms with Crippen molar-refractivity contribution in [3.63, 3.8) is 0 Å². The second-order valence-electron chi connectivity index (χ2n) is 5.07. The molecule has 1 atom stereocenters. The van der Waals surface area contributed by atoms with Crippen molar-refractivity contribution in [2.24, 2.45) is 0 Å². The monoisotopic (exact) mass is 339 g/mol. The molecule has 1 N–H and O–H groups in total. The average Bonchev–Trinajstić information content (AvgIpc) is 2.83. The van der Waals surface area contributed by atoms with Gasteiger partial charge in [0.05, 0.1) is 5.02 Å². The highest BCUT2D eigenvalue weighted by Gasteiger charge is 2.19. The average molecular weight is 340 g/mol. The minimum atomic E-state index is -0.565. The maximum absolute atomic E-state index is 12.1. The van der Waals surface area contributed by atoms with Crippen LogP contribution < -0.4 is 5.32 Å². The third-order valence-electron chi connectivity index (χ3n) is 3.18. The van der Waals surface area contributed by atoms with Crippen molar-refractivity contribution in [2.75, 3.05) is 6.61 Å². The van der Waals surface area contributed by atoms with Gasteiger partial charge in [-0.15, -0.1) is 11.3 Å². The summed E-state index contributed by atoms with van der Waals surface area (Å²) in [5.74, 6) is -0.865. The molecule has 0 spiro atoms. The number of halogens is 1. The second kappa shape index (κ2) is 7.61. The zero-order valence-corrected chi connectivity index (χ0v) is 14.1. The van der Waals surface area contributed by atoms with E-state index < -0.39 is 5.97 Å². The highest BCUT2D eigenvalue weighted by atomic mass is 35.5. The van der Waals surface area contributed by atoms with Crippen LogP contribution in [0.2, 0.25) is 5.02 Å². The first-order chi connectivity index (χ1) is 10.5. The quantitative estimate of drug-likeness (QED) is 0.809. The largest absolute Gasteiger partial charge is 0.451 e. The van der Waals surface area contributed by atoms with Crippen molar-refractivity contribution < 1.29 is 14.3 Å². The van der Waals surface area contributed by atoms with E-state index in [2.05, 4.69) is 5.32 Å². The summed E-state index contributed by atoms with van der Waals surface area (Å²) in [5, 5.41) is 3.98. The van der Waals surface area contributed by atoms with E-state index in [-0.39, 0.29) is 18.6 Å². The molecular weight excluding hydrogens is 322 g/mol. The third-order valence-corrected chi connectivity index (χ3v) is 4.84. The number of hydrogen-bond acceptors (Lipinski definition) is 4. The molecule has 0 aliphatic carbocycles. The number of fused-ring (bicyclic) bond motifs is 1. The van der Waals surface area contributed by atoms with Gasteiger partial charge in [0, 0.05) is 16.1 Å². The Morgan fingerprint density at radius 3 is 2.77 bits per heavy atom. The summed E-state index contributed by atoms with van der Waals surface area (Å²) in [6.07, 6.45) is 1.88. The Labute approximate surface area is 138 Å². The zero-order chi connectivity index (χ0) is 16.1. The van der Waals surface area contributed by atoms with Crippen LogP contribution in [0.3, 0.4) is 0 Å². The summed E-state index contributed by atoms with van der Waals surface area (Å²) < 4.78 is 5.97. The molecule has 0 radical (unpaired) electrons. The number of carbonyl (C=O) groups is 2. The molecule has 0 bridgehead atoms. The number of thiophene rings is 1. The van der Waals surface area contributed by atoms with E-state index in [1.54, 1.807) is 0 Å². The molecule has 1 heterocycles. The van der Waals surface area contributed by atoms with Gasteiger partial charge < -0.3 is 10.1 Å². The number of amides is 1. The van der Waals surface area contributed by atoms with Crippen LogP contribution in [0.5, 0.6) is 0 Å². The molecule has 22 heavy (non-hydrogen) atoms. The minimum absolute atomic E-state index is 0.0733. The second-order valence-corrected chi connectivity index (χ2v) is 6.50. The third kappa shape index (κ3) is 3.99. The first-order valence-electron chi connectivity index (χ1n) is 7.16. The highest BCUT2D eigenvalue weighted by molar-refractivity contribution is 7.21. The highest BCUT2D eigenvalue weighted by Crippen LogP contribution is 2.35. The van der Waals surface area contributed by atoms with E-state index >= 15 is 0 Å². The van der Waals surface area contributed by atoms with Gasteiger partial charge in [0.25, 0.3) is 5.91 Å². The molecule has 118 valence electrons. The number of ether oxygens (including phenoxy) is 1. The van der Waals surface area contributed by atoms with Crippen LogP contribution in [0.4, 0.5) is 0 Å². The van der Waals surface area contributed by atoms with E-state index in [1.807, 2.05) is 38.1 Å². The molecule has 2 aromatic rings. The van der Waals surface area contributed by atoms with Crippen molar-refractivity contribution in [3.05, 3.63) is 34.2 Å². The molecule has 1 unspecified atom stereocenters. The lowest BCUT2D eigenvalue weighted by atomic mass is 10.2. The van der Waals surface area contributed by atoms with Gasteiger partial charge in [0.2, 0.25) is 0 Å². The number of carbonyl (C=O) groups excluding carboxylic acids is 2. The summed E-state index contributed by atoms with van der Waals surface area (Å²) in [7, 11) is 0. The summed E-state index contributed by atoms with van der Waals surface area (Å²) in [4.78, 5) is 24.1. The van der Waals surface area contributed by atoms with Gasteiger partial charge >= 0.3 is 5.97 Å². The number of hydrogen-bond donors (Lipinski definition) is 1. The van der Waals surface area contributed by atoms with Crippen LogP contribution in [0.1, 0.15) is 36.4 Å². The van der Waals surface area contributed by atoms with Gasteiger partial charge in [-0.2, -0.15) is 0 Å². The van der Waals surface area contributed by atoms with Crippen LogP contribution in [0.25, 0.3) is 10.1 Å². The summed E-state index contributed by atoms with van der Waals surface area (Å²) in [6, 6.07) is 7.56. The molecule has 0 aliphatic rings. The maximum Gasteiger partial charge on any atom is 0.350 e. The van der Waals surface area contributed by atoms with E-state index in [9.17, 15) is 9.59 Å². The van der Waals surface area contributed by atoms with Gasteiger partial charge in [-0.3, -0.25) is 4.79 Å². The standard InChI is InChI=1S/C16H18ClNO3S/c1-3-6-10(2)18-13(19)9-21-16(20)15-14(17)11-7-4-5-8-12(11)22-15/h4-5,7-8,10H,3,6,9H2,1-2H3,(H,18,19). The maximum atomic E-state index is 12.1. The predicted molar refractivity (Wildman–Crippen MR) is 89.6 cm³/mol. The van der Waals surface area contributed by atoms with Crippen molar-refractivity contribution in [3.8, 4) is 0 Å². The predicted octanol–water partition coefficient (Wildman–Crippen LogP) is 4.02. The van der Waals surface area contributed by atoms with Gasteiger partial charge in [0.15, 0.2) is 6.61 Å². The fraction of sp³-hybridized carbons (Fsp3) is 0.375. The summed E-state index contributed by atoms with van der Waals surface area (Å²) in [5.41, 5.74) is 0. The fourth-order valence-corrected chi connectivity index (χ4v) is 3.57. The first kappa shape index (κ1) is 16.8. The SMILES string of the molecule is CCCC(C)NC(=O)COC(=O)c1sc2ccccc2c1Cl. The lowest BCUT2D eigenvalue weighted by molar-refractivity contribution is -0.124. The van der Waals surface area contributed by atoms with Crippen molar-refractivity contribution >= 4 is 44.9 Å². The Bertz CT molecular complexity index is 683. The van der Waals surface area contributed by atoms with Gasteiger partial charge in [-0.25, -0.2) is 4.79 Å². The van der Waals surface area contributed by atoms with E-state index in [1.165, 1.54) is 11.3 Å². The lowest BCUT2D eigenvalue weighted by Gasteiger charge is -2.12. The number of rotatable bonds is 6. The molecular formula is C16H18ClNO3S. The van der Waals surface area contributed by atoms with Crippen LogP contribution in [0, 0.1) is 0 Å². The molecule has 1 aromatic heterocycles. The lowest BCUT2D eigenvalue weighted by Crippen LogP contribution is -2.35. The van der Waals surface area contributed by atoms with Crippen LogP contribution >= 0.6 is 22.9 Å². The van der Waals surface area contributed by atoms with E-state index in [0.29, 0.717) is 9.90 Å². The van der Waals surface area contributed by atoms with Crippen molar-refractivity contribution in [1.82, 2.24) is 5.32 Å². The molecule has 0 saturated heterocycles. The molecule has 1 aromatic carbocycles. The summed E-state index contributed by atoms with van der Waals surface area (Å²) in [6.45, 7) is 3.68. The Hall–Kier alpha value is -1.59. The van der Waals surface area contributed by atoms with Crippen LogP contribution in [-0.2, 0) is 9.53 Å². The van der Waals surface area contributed by atoms with Gasteiger partial charge in [0.1, 0.15) is 4.88 Å². The Balaban J connectivity index is 1.97. The number of benzene rings is 1. The van der Waals surface area contributed by atoms with Gasteiger partial charge in [-0.1, -0.05) is 43.1 Å². The molecule has 0 aliphatic heterocycles. The first-order valence-corrected chi connectivity index (χ1v) is 8.36. The molecule has 1 amide bonds. The Morgan fingerprint density at radius 1 is 1.36 bits per heavy atom. The number of nitrogens with one attached hydrogen (secondary N) is 1. The van der Waals surface area contributed by atoms with E-state index in [4.69, 9.17) is 16.3 Å². The van der Waals surface area contributed by atoms with Gasteiger partial charge in [-0.05, 0) is 19.4 Å². The molecule has 6 heteroatoms. The van der Waals surface area contributed by atoms with E-state index in [0.717, 1.165) is 22.9 Å². The normalized spacial score (nSPS) is 12.1. The topological polar surface area (TPSA) is 55.4 Å². The molecule has 0 saturated carbocycles. The zero-order valence-electron chi connectivity index (χ0n) is 12.5. The van der Waals surface area contributed by atoms with Crippen molar-refractivity contribution in [2.45, 2.75) is 32.7 Å².